The molecule has 1 saturated heterocycles. The zero-order valence-electron chi connectivity index (χ0n) is 15.8. The van der Waals surface area contributed by atoms with E-state index in [-0.39, 0.29) is 6.10 Å². The van der Waals surface area contributed by atoms with Gasteiger partial charge in [0.15, 0.2) is 0 Å². The van der Waals surface area contributed by atoms with E-state index in [9.17, 15) is 0 Å². The third-order valence-electron chi connectivity index (χ3n) is 6.04. The van der Waals surface area contributed by atoms with Gasteiger partial charge in [0.1, 0.15) is 24.5 Å². The van der Waals surface area contributed by atoms with Crippen LogP contribution in [0, 0.1) is 5.92 Å². The van der Waals surface area contributed by atoms with Gasteiger partial charge in [-0.2, -0.15) is 5.10 Å². The highest BCUT2D eigenvalue weighted by Gasteiger charge is 2.40. The quantitative estimate of drug-likeness (QED) is 0.742. The number of aromatic nitrogens is 3. The van der Waals surface area contributed by atoms with Crippen molar-refractivity contribution < 1.29 is 4.74 Å². The fourth-order valence-corrected chi connectivity index (χ4v) is 4.52. The predicted octanol–water partition coefficient (Wildman–Crippen LogP) is 2.59. The molecule has 1 unspecified atom stereocenters. The highest BCUT2D eigenvalue weighted by Crippen LogP contribution is 2.39. The van der Waals surface area contributed by atoms with Gasteiger partial charge in [-0.15, -0.1) is 0 Å². The number of hydrogen-bond acceptors (Lipinski definition) is 5. The summed E-state index contributed by atoms with van der Waals surface area (Å²) in [4.78, 5) is 6.58. The van der Waals surface area contributed by atoms with Crippen LogP contribution in [0.1, 0.15) is 23.7 Å². The van der Waals surface area contributed by atoms with Gasteiger partial charge in [0.05, 0.1) is 11.7 Å². The molecule has 144 valence electrons. The summed E-state index contributed by atoms with van der Waals surface area (Å²) in [5.74, 6) is 1.48. The van der Waals surface area contributed by atoms with Crippen molar-refractivity contribution in [2.45, 2.75) is 25.0 Å². The molecule has 0 bridgehead atoms. The maximum absolute atomic E-state index is 6.55. The highest BCUT2D eigenvalue weighted by atomic mass is 16.5. The van der Waals surface area contributed by atoms with E-state index in [1.54, 1.807) is 11.0 Å². The summed E-state index contributed by atoms with van der Waals surface area (Å²) >= 11 is 0. The molecule has 3 atom stereocenters. The minimum Gasteiger partial charge on any atom is -0.484 e. The number of nitrogens with two attached hydrogens (primary N) is 1. The van der Waals surface area contributed by atoms with Gasteiger partial charge in [-0.3, -0.25) is 4.90 Å². The summed E-state index contributed by atoms with van der Waals surface area (Å²) in [6.07, 6.45) is 5.50. The molecule has 1 fully saturated rings. The summed E-state index contributed by atoms with van der Waals surface area (Å²) in [5.41, 5.74) is 9.60. The molecule has 1 aliphatic heterocycles. The van der Waals surface area contributed by atoms with Crippen molar-refractivity contribution in [3.8, 4) is 11.4 Å². The van der Waals surface area contributed by atoms with Crippen LogP contribution >= 0.6 is 0 Å². The molecule has 0 spiro atoms. The Labute approximate surface area is 164 Å². The molecule has 3 aromatic rings. The van der Waals surface area contributed by atoms with Crippen molar-refractivity contribution in [1.82, 2.24) is 19.7 Å². The van der Waals surface area contributed by atoms with E-state index in [0.717, 1.165) is 37.5 Å². The van der Waals surface area contributed by atoms with Crippen LogP contribution in [0.5, 0.6) is 5.75 Å². The van der Waals surface area contributed by atoms with E-state index >= 15 is 0 Å². The van der Waals surface area contributed by atoms with Crippen molar-refractivity contribution in [3.05, 3.63) is 72.3 Å². The van der Waals surface area contributed by atoms with Gasteiger partial charge in [0, 0.05) is 6.54 Å². The molecule has 1 aliphatic carbocycles. The maximum Gasteiger partial charge on any atom is 0.140 e. The second-order valence-electron chi connectivity index (χ2n) is 7.73. The third kappa shape index (κ3) is 3.19. The molecule has 28 heavy (non-hydrogen) atoms. The summed E-state index contributed by atoms with van der Waals surface area (Å²) < 4.78 is 8.29. The summed E-state index contributed by atoms with van der Waals surface area (Å²) in [6.45, 7) is 2.94. The first-order valence-corrected chi connectivity index (χ1v) is 9.95. The van der Waals surface area contributed by atoms with E-state index in [4.69, 9.17) is 10.5 Å². The Balaban J connectivity index is 1.39. The van der Waals surface area contributed by atoms with E-state index in [1.165, 1.54) is 23.9 Å². The Morgan fingerprint density at radius 2 is 1.96 bits per heavy atom. The first-order valence-electron chi connectivity index (χ1n) is 9.95. The Morgan fingerprint density at radius 3 is 2.71 bits per heavy atom. The van der Waals surface area contributed by atoms with Crippen LogP contribution in [-0.4, -0.2) is 45.3 Å². The van der Waals surface area contributed by atoms with Gasteiger partial charge < -0.3 is 10.5 Å². The first kappa shape index (κ1) is 17.4. The van der Waals surface area contributed by atoms with Crippen LogP contribution in [0.25, 0.3) is 5.69 Å². The van der Waals surface area contributed by atoms with Crippen LogP contribution in [0.4, 0.5) is 0 Å². The SMILES string of the molecule is NCC1CCN([C@@H]2Cc3ccccc3[C@H]2Oc2ccc(-n3cncn3)cc2)C1. The molecule has 2 aromatic carbocycles. The van der Waals surface area contributed by atoms with Crippen LogP contribution in [0.3, 0.4) is 0 Å². The Morgan fingerprint density at radius 1 is 1.11 bits per heavy atom. The van der Waals surface area contributed by atoms with Gasteiger partial charge in [-0.25, -0.2) is 9.67 Å². The Kier molecular flexibility index (Phi) is 4.58. The number of ether oxygens (including phenoxy) is 1. The van der Waals surface area contributed by atoms with Crippen molar-refractivity contribution in [2.75, 3.05) is 19.6 Å². The Bertz CT molecular complexity index is 924. The molecule has 0 amide bonds. The van der Waals surface area contributed by atoms with E-state index in [0.29, 0.717) is 12.0 Å². The second kappa shape index (κ2) is 7.37. The fraction of sp³-hybridized carbons (Fsp3) is 0.364. The molecule has 2 N–H and O–H groups in total. The number of rotatable bonds is 5. The monoisotopic (exact) mass is 375 g/mol. The first-order chi connectivity index (χ1) is 13.8. The van der Waals surface area contributed by atoms with Crippen molar-refractivity contribution >= 4 is 0 Å². The molecule has 5 rings (SSSR count). The molecule has 2 heterocycles. The summed E-state index contributed by atoms with van der Waals surface area (Å²) in [5, 5.41) is 4.18. The van der Waals surface area contributed by atoms with E-state index < -0.39 is 0 Å². The van der Waals surface area contributed by atoms with Crippen molar-refractivity contribution in [1.29, 1.82) is 0 Å². The van der Waals surface area contributed by atoms with E-state index in [2.05, 4.69) is 39.2 Å². The zero-order chi connectivity index (χ0) is 18.9. The largest absolute Gasteiger partial charge is 0.484 e. The molecule has 0 saturated carbocycles. The highest BCUT2D eigenvalue weighted by molar-refractivity contribution is 5.40. The van der Waals surface area contributed by atoms with Crippen molar-refractivity contribution in [3.63, 3.8) is 0 Å². The summed E-state index contributed by atoms with van der Waals surface area (Å²) in [7, 11) is 0. The molecular weight excluding hydrogens is 350 g/mol. The van der Waals surface area contributed by atoms with Gasteiger partial charge in [0.25, 0.3) is 0 Å². The molecule has 6 nitrogen and oxygen atoms in total. The van der Waals surface area contributed by atoms with Crippen LogP contribution in [0.15, 0.2) is 61.2 Å². The number of likely N-dealkylation sites (tertiary alicyclic amines) is 1. The van der Waals surface area contributed by atoms with Gasteiger partial charge >= 0.3 is 0 Å². The lowest BCUT2D eigenvalue weighted by Gasteiger charge is -2.30. The van der Waals surface area contributed by atoms with E-state index in [1.807, 2.05) is 24.3 Å². The van der Waals surface area contributed by atoms with Crippen LogP contribution < -0.4 is 10.5 Å². The molecule has 1 aromatic heterocycles. The van der Waals surface area contributed by atoms with Crippen molar-refractivity contribution in [2.24, 2.45) is 11.7 Å². The summed E-state index contributed by atoms with van der Waals surface area (Å²) in [6, 6.07) is 17.1. The normalized spacial score (nSPS) is 24.4. The minimum absolute atomic E-state index is 0.0462. The number of benzene rings is 2. The fourth-order valence-electron chi connectivity index (χ4n) is 4.52. The average Bonchev–Trinajstić information content (AvgIpc) is 3.49. The number of nitrogens with zero attached hydrogens (tertiary/aromatic N) is 4. The maximum atomic E-state index is 6.55. The number of fused-ring (bicyclic) bond motifs is 1. The minimum atomic E-state index is 0.0462. The second-order valence-corrected chi connectivity index (χ2v) is 7.73. The number of hydrogen-bond donors (Lipinski definition) is 1. The van der Waals surface area contributed by atoms with Crippen LogP contribution in [0.2, 0.25) is 0 Å². The average molecular weight is 375 g/mol. The predicted molar refractivity (Wildman–Crippen MR) is 107 cm³/mol. The lowest BCUT2D eigenvalue weighted by molar-refractivity contribution is 0.0917. The standard InChI is InChI=1S/C22H25N5O/c23-12-16-9-10-26(13-16)21-11-17-3-1-2-4-20(17)22(21)28-19-7-5-18(6-8-19)27-15-24-14-25-27/h1-8,14-16,21-22H,9-13,23H2/t16?,21-,22-/m1/s1. The molecular formula is C22H25N5O. The lowest BCUT2D eigenvalue weighted by Crippen LogP contribution is -2.39. The molecule has 2 aliphatic rings. The van der Waals surface area contributed by atoms with Crippen LogP contribution in [-0.2, 0) is 6.42 Å². The van der Waals surface area contributed by atoms with Gasteiger partial charge in [-0.1, -0.05) is 24.3 Å². The topological polar surface area (TPSA) is 69.2 Å². The lowest BCUT2D eigenvalue weighted by atomic mass is 10.1. The van der Waals surface area contributed by atoms with Gasteiger partial charge in [-0.05, 0) is 67.2 Å². The van der Waals surface area contributed by atoms with Gasteiger partial charge in [0.2, 0.25) is 0 Å². The molecule has 0 radical (unpaired) electrons. The third-order valence-corrected chi connectivity index (χ3v) is 6.04. The Hall–Kier alpha value is -2.70. The zero-order valence-corrected chi connectivity index (χ0v) is 15.8. The molecule has 6 heteroatoms. The smallest absolute Gasteiger partial charge is 0.140 e.